The predicted molar refractivity (Wildman–Crippen MR) is 135 cm³/mol. The van der Waals surface area contributed by atoms with E-state index in [0.717, 1.165) is 16.9 Å². The molecule has 4 aromatic rings. The van der Waals surface area contributed by atoms with Crippen LogP contribution in [0.1, 0.15) is 0 Å². The summed E-state index contributed by atoms with van der Waals surface area (Å²) < 4.78 is 28.6. The Morgan fingerprint density at radius 1 is 1.09 bits per heavy atom. The van der Waals surface area contributed by atoms with Gasteiger partial charge >= 0.3 is 0 Å². The van der Waals surface area contributed by atoms with Gasteiger partial charge in [0.2, 0.25) is 0 Å². The molecule has 6 nitrogen and oxygen atoms in total. The second-order valence-electron chi connectivity index (χ2n) is 8.95. The third kappa shape index (κ3) is 5.31. The Morgan fingerprint density at radius 3 is 2.61 bits per heavy atom. The highest BCUT2D eigenvalue weighted by molar-refractivity contribution is 9.10. The largest absolute Gasteiger partial charge is 0.496 e. The molecule has 0 saturated heterocycles. The van der Waals surface area contributed by atoms with Gasteiger partial charge in [0.25, 0.3) is 0 Å². The number of ether oxygens (including phenoxy) is 2. The highest BCUT2D eigenvalue weighted by Gasteiger charge is 2.19. The summed E-state index contributed by atoms with van der Waals surface area (Å²) in [4.78, 5) is 9.12. The number of methoxy groups -OCH3 is 1. The molecule has 0 aliphatic rings. The Kier molecular flexibility index (Phi) is 6.92. The number of benzene rings is 1. The monoisotopic (exact) mass is 528 g/mol. The van der Waals surface area contributed by atoms with E-state index >= 15 is 0 Å². The number of rotatable bonds is 8. The van der Waals surface area contributed by atoms with E-state index in [1.807, 2.05) is 24.3 Å². The Labute approximate surface area is 201 Å². The molecule has 0 atom stereocenters. The fourth-order valence-corrected chi connectivity index (χ4v) is 4.59. The van der Waals surface area contributed by atoms with Gasteiger partial charge in [0.1, 0.15) is 28.6 Å². The summed E-state index contributed by atoms with van der Waals surface area (Å²) in [6, 6.07) is 13.3. The van der Waals surface area contributed by atoms with Crippen LogP contribution in [0.4, 0.5) is 4.39 Å². The van der Waals surface area contributed by atoms with Crippen LogP contribution in [0.5, 0.6) is 5.75 Å². The van der Waals surface area contributed by atoms with Gasteiger partial charge in [0.05, 0.1) is 35.8 Å². The maximum atomic E-state index is 14.7. The van der Waals surface area contributed by atoms with E-state index in [-0.39, 0.29) is 0 Å². The topological polar surface area (TPSA) is 62.1 Å². The third-order valence-corrected chi connectivity index (χ3v) is 7.40. The third-order valence-electron chi connectivity index (χ3n) is 5.26. The van der Waals surface area contributed by atoms with Gasteiger partial charge in [-0.2, -0.15) is 5.10 Å². The van der Waals surface area contributed by atoms with Gasteiger partial charge in [-0.05, 0) is 52.3 Å². The SMILES string of the molecule is COc1cccc(F)c1-c1cc2c(-c3cccc(Br)n3)nn(COCC[Si](C)(C)C)c2cn1. The van der Waals surface area contributed by atoms with Gasteiger partial charge in [0.15, 0.2) is 0 Å². The van der Waals surface area contributed by atoms with E-state index in [9.17, 15) is 4.39 Å². The van der Waals surface area contributed by atoms with Crippen molar-refractivity contribution in [3.8, 4) is 28.4 Å². The number of nitrogens with zero attached hydrogens (tertiary/aromatic N) is 4. The van der Waals surface area contributed by atoms with Crippen LogP contribution in [0, 0.1) is 5.82 Å². The average molecular weight is 529 g/mol. The molecule has 1 aromatic carbocycles. The molecule has 33 heavy (non-hydrogen) atoms. The molecule has 0 fully saturated rings. The zero-order valence-electron chi connectivity index (χ0n) is 19.1. The van der Waals surface area contributed by atoms with Crippen molar-refractivity contribution in [2.24, 2.45) is 0 Å². The first-order chi connectivity index (χ1) is 15.8. The molecular weight excluding hydrogens is 503 g/mol. The van der Waals surface area contributed by atoms with Crippen LogP contribution in [0.25, 0.3) is 33.5 Å². The van der Waals surface area contributed by atoms with Crippen LogP contribution in [0.15, 0.2) is 53.3 Å². The lowest BCUT2D eigenvalue weighted by atomic mass is 10.1. The van der Waals surface area contributed by atoms with E-state index < -0.39 is 13.9 Å². The van der Waals surface area contributed by atoms with Gasteiger partial charge in [-0.1, -0.05) is 31.8 Å². The molecule has 0 N–H and O–H groups in total. The van der Waals surface area contributed by atoms with Crippen LogP contribution in [-0.4, -0.2) is 41.5 Å². The van der Waals surface area contributed by atoms with E-state index in [0.29, 0.717) is 46.3 Å². The van der Waals surface area contributed by atoms with Gasteiger partial charge in [0, 0.05) is 20.1 Å². The molecule has 0 bridgehead atoms. The lowest BCUT2D eigenvalue weighted by Gasteiger charge is -2.15. The Balaban J connectivity index is 1.80. The number of pyridine rings is 2. The number of aromatic nitrogens is 4. The summed E-state index contributed by atoms with van der Waals surface area (Å²) in [5.74, 6) is 0.0245. The summed E-state index contributed by atoms with van der Waals surface area (Å²) in [6.07, 6.45) is 1.70. The fraction of sp³-hybridized carbons (Fsp3) is 0.292. The fourth-order valence-electron chi connectivity index (χ4n) is 3.49. The minimum atomic E-state index is -1.19. The minimum absolute atomic E-state index is 0.305. The van der Waals surface area contributed by atoms with Gasteiger partial charge in [-0.15, -0.1) is 0 Å². The molecule has 0 saturated carbocycles. The first-order valence-corrected chi connectivity index (χ1v) is 15.2. The molecule has 0 spiro atoms. The van der Waals surface area contributed by atoms with Crippen molar-refractivity contribution in [2.45, 2.75) is 32.4 Å². The standard InChI is InChI=1S/C24H26BrFN4O2Si/c1-31-21-9-5-7-17(26)23(21)19-13-16-20(14-27-19)30(15-32-11-12-33(2,3)4)29-24(16)18-8-6-10-22(25)28-18/h5-10,13-14H,11-12,15H2,1-4H3. The Bertz CT molecular complexity index is 1290. The smallest absolute Gasteiger partial charge is 0.140 e. The van der Waals surface area contributed by atoms with Crippen molar-refractivity contribution in [3.05, 3.63) is 59.1 Å². The predicted octanol–water partition coefficient (Wildman–Crippen LogP) is 6.38. The molecule has 0 unspecified atom stereocenters. The molecule has 0 aliphatic heterocycles. The maximum absolute atomic E-state index is 14.7. The molecule has 3 aromatic heterocycles. The second-order valence-corrected chi connectivity index (χ2v) is 15.4. The van der Waals surface area contributed by atoms with Crippen molar-refractivity contribution >= 4 is 34.9 Å². The lowest BCUT2D eigenvalue weighted by molar-refractivity contribution is 0.0818. The molecule has 0 radical (unpaired) electrons. The van der Waals surface area contributed by atoms with Crippen molar-refractivity contribution < 1.29 is 13.9 Å². The summed E-state index contributed by atoms with van der Waals surface area (Å²) in [5.41, 5.74) is 2.95. The van der Waals surface area contributed by atoms with E-state index in [1.165, 1.54) is 13.2 Å². The highest BCUT2D eigenvalue weighted by Crippen LogP contribution is 2.35. The van der Waals surface area contributed by atoms with Crippen LogP contribution in [0.2, 0.25) is 25.7 Å². The molecule has 0 amide bonds. The Morgan fingerprint density at radius 2 is 1.88 bits per heavy atom. The van der Waals surface area contributed by atoms with Crippen LogP contribution < -0.4 is 4.74 Å². The van der Waals surface area contributed by atoms with E-state index in [2.05, 4.69) is 45.5 Å². The molecule has 4 rings (SSSR count). The lowest BCUT2D eigenvalue weighted by Crippen LogP contribution is -2.22. The number of hydrogen-bond acceptors (Lipinski definition) is 5. The molecule has 9 heteroatoms. The molecule has 0 aliphatic carbocycles. The van der Waals surface area contributed by atoms with Gasteiger partial charge in [-0.3, -0.25) is 4.98 Å². The summed E-state index contributed by atoms with van der Waals surface area (Å²) >= 11 is 3.43. The molecule has 3 heterocycles. The van der Waals surface area contributed by atoms with Gasteiger partial charge < -0.3 is 9.47 Å². The average Bonchev–Trinajstić information content (AvgIpc) is 3.13. The number of halogens is 2. The number of hydrogen-bond donors (Lipinski definition) is 0. The number of fused-ring (bicyclic) bond motifs is 1. The van der Waals surface area contributed by atoms with Crippen LogP contribution in [0.3, 0.4) is 0 Å². The second kappa shape index (κ2) is 9.70. The van der Waals surface area contributed by atoms with Crippen molar-refractivity contribution in [3.63, 3.8) is 0 Å². The van der Waals surface area contributed by atoms with Crippen LogP contribution in [-0.2, 0) is 11.5 Å². The van der Waals surface area contributed by atoms with E-state index in [4.69, 9.17) is 14.6 Å². The maximum Gasteiger partial charge on any atom is 0.140 e. The zero-order valence-corrected chi connectivity index (χ0v) is 21.7. The quantitative estimate of drug-likeness (QED) is 0.151. The minimum Gasteiger partial charge on any atom is -0.496 e. The van der Waals surface area contributed by atoms with Crippen LogP contribution >= 0.6 is 15.9 Å². The first kappa shape index (κ1) is 23.5. The van der Waals surface area contributed by atoms with E-state index in [1.54, 1.807) is 23.0 Å². The first-order valence-electron chi connectivity index (χ1n) is 10.7. The summed E-state index contributed by atoms with van der Waals surface area (Å²) in [7, 11) is 0.325. The Hall–Kier alpha value is -2.62. The van der Waals surface area contributed by atoms with Crippen molar-refractivity contribution in [1.82, 2.24) is 19.7 Å². The summed E-state index contributed by atoms with van der Waals surface area (Å²) in [6.45, 7) is 7.94. The zero-order chi connectivity index (χ0) is 23.6. The normalized spacial score (nSPS) is 11.8. The molecule has 172 valence electrons. The summed E-state index contributed by atoms with van der Waals surface area (Å²) in [5, 5.41) is 5.60. The highest BCUT2D eigenvalue weighted by atomic mass is 79.9. The van der Waals surface area contributed by atoms with Gasteiger partial charge in [-0.25, -0.2) is 14.1 Å². The molecular formula is C24H26BrFN4O2Si. The van der Waals surface area contributed by atoms with Crippen molar-refractivity contribution in [2.75, 3.05) is 13.7 Å². The van der Waals surface area contributed by atoms with Crippen molar-refractivity contribution in [1.29, 1.82) is 0 Å².